The van der Waals surface area contributed by atoms with Gasteiger partial charge in [0.05, 0.1) is 0 Å². The van der Waals surface area contributed by atoms with Crippen molar-refractivity contribution in [1.29, 1.82) is 0 Å². The van der Waals surface area contributed by atoms with Crippen LogP contribution in [0.25, 0.3) is 0 Å². The number of rotatable bonds is 2. The van der Waals surface area contributed by atoms with Gasteiger partial charge < -0.3 is 5.32 Å². The Morgan fingerprint density at radius 1 is 0.789 bits per heavy atom. The molecule has 0 aromatic rings. The molecule has 0 amide bonds. The first-order valence-corrected chi connectivity index (χ1v) is 8.85. The Labute approximate surface area is 118 Å². The molecule has 2 saturated heterocycles. The second kappa shape index (κ2) is 5.04. The third kappa shape index (κ3) is 2.35. The van der Waals surface area contributed by atoms with Gasteiger partial charge in [0.25, 0.3) is 0 Å². The minimum atomic E-state index is 0.799. The maximum absolute atomic E-state index is 4.05. The van der Waals surface area contributed by atoms with Crippen LogP contribution in [0.5, 0.6) is 0 Å². The number of nitrogens with one attached hydrogen (secondary N) is 1. The standard InChI is InChI=1S/C17H30N2/c1-2-9-17(8-1)10-5-14(6-11-17)18-15-7-13-19-12-3-4-16(15)19/h14-16,18H,1-13H2. The minimum Gasteiger partial charge on any atom is -0.310 e. The van der Waals surface area contributed by atoms with Gasteiger partial charge in [-0.25, -0.2) is 0 Å². The first-order chi connectivity index (χ1) is 9.35. The van der Waals surface area contributed by atoms with Gasteiger partial charge in [-0.1, -0.05) is 12.8 Å². The normalized spacial score (nSPS) is 39.2. The third-order valence-corrected chi connectivity index (χ3v) is 6.77. The Kier molecular flexibility index (Phi) is 3.35. The molecule has 0 aromatic carbocycles. The smallest absolute Gasteiger partial charge is 0.0250 e. The Hall–Kier alpha value is -0.0800. The summed E-state index contributed by atoms with van der Waals surface area (Å²) in [5.74, 6) is 0. The van der Waals surface area contributed by atoms with Crippen molar-refractivity contribution in [3.63, 3.8) is 0 Å². The zero-order chi connectivity index (χ0) is 12.7. The van der Waals surface area contributed by atoms with Crippen molar-refractivity contribution in [3.8, 4) is 0 Å². The van der Waals surface area contributed by atoms with E-state index in [0.29, 0.717) is 0 Å². The van der Waals surface area contributed by atoms with Crippen LogP contribution >= 0.6 is 0 Å². The van der Waals surface area contributed by atoms with E-state index in [1.165, 1.54) is 70.9 Å². The molecular formula is C17H30N2. The molecule has 2 heterocycles. The van der Waals surface area contributed by atoms with Gasteiger partial charge >= 0.3 is 0 Å². The summed E-state index contributed by atoms with van der Waals surface area (Å²) in [7, 11) is 0. The molecule has 0 aromatic heterocycles. The maximum atomic E-state index is 4.05. The summed E-state index contributed by atoms with van der Waals surface area (Å²) >= 11 is 0. The van der Waals surface area contributed by atoms with Crippen molar-refractivity contribution < 1.29 is 0 Å². The van der Waals surface area contributed by atoms with E-state index in [0.717, 1.165) is 23.5 Å². The van der Waals surface area contributed by atoms with Gasteiger partial charge in [-0.05, 0) is 69.7 Å². The van der Waals surface area contributed by atoms with Crippen molar-refractivity contribution in [1.82, 2.24) is 10.2 Å². The molecule has 4 aliphatic rings. The van der Waals surface area contributed by atoms with Gasteiger partial charge in [0.1, 0.15) is 0 Å². The monoisotopic (exact) mass is 262 g/mol. The number of hydrogen-bond acceptors (Lipinski definition) is 2. The SMILES string of the molecule is C1CC2C(NC3CCC4(CCCC4)CC3)CCN2C1. The fourth-order valence-electron chi connectivity index (χ4n) is 5.60. The summed E-state index contributed by atoms with van der Waals surface area (Å²) in [5.41, 5.74) is 0.799. The van der Waals surface area contributed by atoms with Crippen molar-refractivity contribution in [2.24, 2.45) is 5.41 Å². The van der Waals surface area contributed by atoms with E-state index in [4.69, 9.17) is 0 Å². The Morgan fingerprint density at radius 3 is 2.37 bits per heavy atom. The van der Waals surface area contributed by atoms with Crippen molar-refractivity contribution in [2.75, 3.05) is 13.1 Å². The molecule has 1 N–H and O–H groups in total. The van der Waals surface area contributed by atoms with Crippen molar-refractivity contribution in [3.05, 3.63) is 0 Å². The molecule has 4 fully saturated rings. The van der Waals surface area contributed by atoms with E-state index in [1.807, 2.05) is 0 Å². The fourth-order valence-corrected chi connectivity index (χ4v) is 5.60. The number of hydrogen-bond donors (Lipinski definition) is 1. The summed E-state index contributed by atoms with van der Waals surface area (Å²) in [6.07, 6.45) is 16.4. The van der Waals surface area contributed by atoms with Crippen LogP contribution in [-0.2, 0) is 0 Å². The molecular weight excluding hydrogens is 232 g/mol. The molecule has 4 rings (SSSR count). The van der Waals surface area contributed by atoms with Gasteiger partial charge in [-0.3, -0.25) is 4.90 Å². The lowest BCUT2D eigenvalue weighted by molar-refractivity contribution is 0.158. The van der Waals surface area contributed by atoms with E-state index in [1.54, 1.807) is 12.8 Å². The van der Waals surface area contributed by atoms with Gasteiger partial charge in [0.15, 0.2) is 0 Å². The largest absolute Gasteiger partial charge is 0.310 e. The molecule has 108 valence electrons. The maximum Gasteiger partial charge on any atom is 0.0250 e. The molecule has 2 heteroatoms. The molecule has 2 aliphatic heterocycles. The van der Waals surface area contributed by atoms with E-state index < -0.39 is 0 Å². The summed E-state index contributed by atoms with van der Waals surface area (Å²) in [4.78, 5) is 2.74. The highest BCUT2D eigenvalue weighted by Gasteiger charge is 2.41. The van der Waals surface area contributed by atoms with Gasteiger partial charge in [0.2, 0.25) is 0 Å². The molecule has 2 nitrogen and oxygen atoms in total. The lowest BCUT2D eigenvalue weighted by Gasteiger charge is -2.39. The average Bonchev–Trinajstić information content (AvgIpc) is 3.11. The molecule has 2 aliphatic carbocycles. The fraction of sp³-hybridized carbons (Fsp3) is 1.00. The predicted molar refractivity (Wildman–Crippen MR) is 79.3 cm³/mol. The zero-order valence-corrected chi connectivity index (χ0v) is 12.4. The molecule has 0 radical (unpaired) electrons. The van der Waals surface area contributed by atoms with Crippen LogP contribution in [0.15, 0.2) is 0 Å². The molecule has 2 atom stereocenters. The quantitative estimate of drug-likeness (QED) is 0.821. The molecule has 2 saturated carbocycles. The van der Waals surface area contributed by atoms with E-state index in [-0.39, 0.29) is 0 Å². The van der Waals surface area contributed by atoms with Crippen molar-refractivity contribution in [2.45, 2.75) is 88.8 Å². The molecule has 2 unspecified atom stereocenters. The summed E-state index contributed by atoms with van der Waals surface area (Å²) in [6, 6.07) is 2.56. The van der Waals surface area contributed by atoms with E-state index in [2.05, 4.69) is 10.2 Å². The second-order valence-corrected chi connectivity index (χ2v) is 7.79. The summed E-state index contributed by atoms with van der Waals surface area (Å²) in [5, 5.41) is 4.05. The highest BCUT2D eigenvalue weighted by molar-refractivity contribution is 4.98. The lowest BCUT2D eigenvalue weighted by atomic mass is 9.71. The van der Waals surface area contributed by atoms with Crippen molar-refractivity contribution >= 4 is 0 Å². The molecule has 19 heavy (non-hydrogen) atoms. The highest BCUT2D eigenvalue weighted by atomic mass is 15.2. The van der Waals surface area contributed by atoms with Gasteiger partial charge in [-0.2, -0.15) is 0 Å². The Bertz CT molecular complexity index is 311. The average molecular weight is 262 g/mol. The number of fused-ring (bicyclic) bond motifs is 1. The predicted octanol–water partition coefficient (Wildman–Crippen LogP) is 3.32. The Morgan fingerprint density at radius 2 is 1.58 bits per heavy atom. The first-order valence-electron chi connectivity index (χ1n) is 8.85. The second-order valence-electron chi connectivity index (χ2n) is 7.79. The van der Waals surface area contributed by atoms with Gasteiger partial charge in [0, 0.05) is 24.7 Å². The first kappa shape index (κ1) is 12.6. The number of nitrogens with zero attached hydrogens (tertiary/aromatic N) is 1. The van der Waals surface area contributed by atoms with E-state index >= 15 is 0 Å². The van der Waals surface area contributed by atoms with Gasteiger partial charge in [-0.15, -0.1) is 0 Å². The van der Waals surface area contributed by atoms with Crippen LogP contribution in [0.4, 0.5) is 0 Å². The summed E-state index contributed by atoms with van der Waals surface area (Å²) in [6.45, 7) is 2.73. The van der Waals surface area contributed by atoms with E-state index in [9.17, 15) is 0 Å². The van der Waals surface area contributed by atoms with Crippen LogP contribution in [0.2, 0.25) is 0 Å². The lowest BCUT2D eigenvalue weighted by Crippen LogP contribution is -2.46. The molecule has 1 spiro atoms. The summed E-state index contributed by atoms with van der Waals surface area (Å²) < 4.78 is 0. The zero-order valence-electron chi connectivity index (χ0n) is 12.4. The van der Waals surface area contributed by atoms with Crippen LogP contribution in [0.3, 0.4) is 0 Å². The van der Waals surface area contributed by atoms with Crippen LogP contribution < -0.4 is 5.32 Å². The van der Waals surface area contributed by atoms with Crippen LogP contribution in [0.1, 0.15) is 70.6 Å². The third-order valence-electron chi connectivity index (χ3n) is 6.77. The minimum absolute atomic E-state index is 0.799. The van der Waals surface area contributed by atoms with Crippen LogP contribution in [0, 0.1) is 5.41 Å². The molecule has 0 bridgehead atoms. The highest BCUT2D eigenvalue weighted by Crippen LogP contribution is 2.49. The van der Waals surface area contributed by atoms with Crippen LogP contribution in [-0.4, -0.2) is 36.1 Å². The Balaban J connectivity index is 1.30. The topological polar surface area (TPSA) is 15.3 Å².